The molecule has 5 rings (SSSR count). The van der Waals surface area contributed by atoms with Crippen molar-refractivity contribution in [3.8, 4) is 0 Å². The minimum Gasteiger partial charge on any atom is -0.756 e. The predicted molar refractivity (Wildman–Crippen MR) is 137 cm³/mol. The number of phosphoric acid groups is 2. The van der Waals surface area contributed by atoms with Crippen LogP contribution in [-0.4, -0.2) is 101 Å². The van der Waals surface area contributed by atoms with Crippen LogP contribution >= 0.6 is 15.6 Å². The first-order chi connectivity index (χ1) is 20.7. The van der Waals surface area contributed by atoms with Crippen molar-refractivity contribution in [3.05, 3.63) is 42.2 Å². The van der Waals surface area contributed by atoms with Crippen LogP contribution in [0, 0.1) is 0 Å². The number of imidazole rings is 1. The van der Waals surface area contributed by atoms with E-state index >= 15 is 0 Å². The summed E-state index contributed by atoms with van der Waals surface area (Å²) >= 11 is 0. The number of phosphoric ester groups is 2. The Morgan fingerprint density at radius 2 is 1.70 bits per heavy atom. The third kappa shape index (κ3) is 6.65. The van der Waals surface area contributed by atoms with E-state index in [4.69, 9.17) is 20.9 Å². The normalized spacial score (nSPS) is 31.6. The van der Waals surface area contributed by atoms with Crippen LogP contribution in [-0.2, 0) is 32.0 Å². The highest BCUT2D eigenvalue weighted by atomic mass is 31.3. The van der Waals surface area contributed by atoms with E-state index in [1.807, 2.05) is 0 Å². The summed E-state index contributed by atoms with van der Waals surface area (Å²) in [5.41, 5.74) is 11.4. The lowest BCUT2D eigenvalue weighted by atomic mass is 10.1. The van der Waals surface area contributed by atoms with Crippen molar-refractivity contribution in [2.45, 2.75) is 49.0 Å². The lowest BCUT2D eigenvalue weighted by Gasteiger charge is -2.26. The van der Waals surface area contributed by atoms with E-state index in [0.717, 1.165) is 6.33 Å². The number of rotatable bonds is 11. The number of nitrogens with zero attached hydrogens (tertiary/aromatic N) is 4. The summed E-state index contributed by atoms with van der Waals surface area (Å²) in [6.45, 7) is -1.89. The van der Waals surface area contributed by atoms with Gasteiger partial charge in [0.1, 0.15) is 48.5 Å². The molecule has 10 atom stereocenters. The van der Waals surface area contributed by atoms with Crippen molar-refractivity contribution >= 4 is 38.5 Å². The largest absolute Gasteiger partial charge is 0.756 e. The van der Waals surface area contributed by atoms with Gasteiger partial charge in [0, 0.05) is 12.1 Å². The van der Waals surface area contributed by atoms with Crippen molar-refractivity contribution in [3.63, 3.8) is 0 Å². The van der Waals surface area contributed by atoms with Crippen molar-refractivity contribution in [1.82, 2.24) is 19.5 Å². The first-order valence-corrected chi connectivity index (χ1v) is 15.6. The fourth-order valence-corrected chi connectivity index (χ4v) is 6.65. The number of anilines is 1. The Labute approximate surface area is 246 Å². The maximum absolute atomic E-state index is 12.4. The summed E-state index contributed by atoms with van der Waals surface area (Å²) in [5, 5.41) is 41.6. The molecule has 240 valence electrons. The molecule has 0 radical (unpaired) electrons. The van der Waals surface area contributed by atoms with Crippen LogP contribution in [0.15, 0.2) is 30.9 Å². The maximum Gasteiger partial charge on any atom is 0.478 e. The van der Waals surface area contributed by atoms with Crippen molar-refractivity contribution in [1.29, 1.82) is 0 Å². The molecule has 2 aliphatic heterocycles. The Hall–Kier alpha value is -3.01. The highest BCUT2D eigenvalue weighted by Crippen LogP contribution is 2.58. The molecular weight excluding hydrogens is 636 g/mol. The number of ether oxygens (including phenoxy) is 2. The fraction of sp³-hybridized carbons (Fsp3) is 0.476. The van der Waals surface area contributed by atoms with Gasteiger partial charge in [-0.25, -0.2) is 28.8 Å². The number of nitrogens with one attached hydrogen (secondary N) is 1. The minimum absolute atomic E-state index is 0.0285. The number of hydrogen-bond donors (Lipinski definition) is 7. The van der Waals surface area contributed by atoms with Crippen molar-refractivity contribution in [2.75, 3.05) is 18.9 Å². The molecule has 0 bridgehead atoms. The fourth-order valence-electron chi connectivity index (χ4n) is 4.60. The zero-order chi connectivity index (χ0) is 32.0. The molecule has 2 aliphatic rings. The monoisotopic (exact) mass is 663 g/mol. The number of aliphatic hydroxyl groups excluding tert-OH is 4. The van der Waals surface area contributed by atoms with Gasteiger partial charge in [-0.2, -0.15) is 0 Å². The SMILES string of the molecule is NC(=O)c1cccc(C2OC(COP(=O)([O-])OP(=O)(O)OCC3OC(n4cnc5c(N)ncnc54)C(O)C3O)C(O)C2O)[nH+]1. The third-order valence-corrected chi connectivity index (χ3v) is 9.32. The van der Waals surface area contributed by atoms with Gasteiger partial charge in [-0.15, -0.1) is 0 Å². The molecule has 0 spiro atoms. The molecule has 0 aromatic carbocycles. The molecule has 10 unspecified atom stereocenters. The smallest absolute Gasteiger partial charge is 0.478 e. The molecule has 44 heavy (non-hydrogen) atoms. The number of primary amides is 1. The predicted octanol–water partition coefficient (Wildman–Crippen LogP) is -3.58. The van der Waals surface area contributed by atoms with Gasteiger partial charge in [0.05, 0.1) is 19.5 Å². The average molecular weight is 663 g/mol. The standard InChI is InChI=1S/C21H27N7O14P2/c22-18-12-20(25-6-24-18)28(7-26-12)21-16(32)14(30)11(41-21)5-39-44(36,37)42-43(34,35)38-4-10-13(29)15(31)17(40-10)8-2-1-3-9(27-8)19(23)33/h1-3,6-7,10-11,13-17,21,29-32H,4-5H2,(H2,23,33)(H,34,35)(H,36,37)(H2,22,24,25). The zero-order valence-corrected chi connectivity index (χ0v) is 24.0. The van der Waals surface area contributed by atoms with Crippen LogP contribution < -0.4 is 21.3 Å². The van der Waals surface area contributed by atoms with Gasteiger partial charge in [-0.05, 0) is 6.07 Å². The highest BCUT2D eigenvalue weighted by Gasteiger charge is 2.48. The van der Waals surface area contributed by atoms with E-state index in [-0.39, 0.29) is 28.4 Å². The molecule has 5 heterocycles. The number of H-pyrrole nitrogens is 1. The molecule has 0 saturated carbocycles. The number of fused-ring (bicyclic) bond motifs is 1. The molecule has 0 aliphatic carbocycles. The van der Waals surface area contributed by atoms with Crippen LogP contribution in [0.1, 0.15) is 28.5 Å². The summed E-state index contributed by atoms with van der Waals surface area (Å²) in [7, 11) is -11.1. The van der Waals surface area contributed by atoms with Crippen molar-refractivity contribution < 1.29 is 72.0 Å². The van der Waals surface area contributed by atoms with E-state index in [9.17, 15) is 44.1 Å². The van der Waals surface area contributed by atoms with Gasteiger partial charge in [-0.1, -0.05) is 0 Å². The number of aromatic nitrogens is 5. The molecule has 21 nitrogen and oxygen atoms in total. The summed E-state index contributed by atoms with van der Waals surface area (Å²) in [6, 6.07) is 4.21. The van der Waals surface area contributed by atoms with E-state index in [1.54, 1.807) is 0 Å². The topological polar surface area (TPSA) is 331 Å². The molecule has 3 aromatic rings. The zero-order valence-electron chi connectivity index (χ0n) is 22.2. The van der Waals surface area contributed by atoms with Gasteiger partial charge in [0.25, 0.3) is 13.5 Å². The number of nitrogen functional groups attached to an aromatic ring is 1. The first kappa shape index (κ1) is 32.4. The lowest BCUT2D eigenvalue weighted by Crippen LogP contribution is -2.34. The first-order valence-electron chi connectivity index (χ1n) is 12.6. The molecule has 2 saturated heterocycles. The number of carbonyl (C=O) groups is 1. The number of aromatic amines is 1. The second-order valence-corrected chi connectivity index (χ2v) is 12.7. The van der Waals surface area contributed by atoms with Crippen LogP contribution in [0.2, 0.25) is 0 Å². The summed E-state index contributed by atoms with van der Waals surface area (Å²) in [6.07, 6.45) is -9.65. The minimum atomic E-state index is -5.62. The number of amides is 1. The molecule has 10 N–H and O–H groups in total. The summed E-state index contributed by atoms with van der Waals surface area (Å²) < 4.78 is 50.3. The Bertz CT molecular complexity index is 1630. The van der Waals surface area contributed by atoms with E-state index in [1.165, 1.54) is 29.1 Å². The van der Waals surface area contributed by atoms with Gasteiger partial charge in [-0.3, -0.25) is 18.5 Å². The summed E-state index contributed by atoms with van der Waals surface area (Å²) in [4.78, 5) is 48.1. The van der Waals surface area contributed by atoms with Gasteiger partial charge < -0.3 is 55.7 Å². The Balaban J connectivity index is 1.16. The van der Waals surface area contributed by atoms with E-state index in [2.05, 4.69) is 33.3 Å². The van der Waals surface area contributed by atoms with Crippen LogP contribution in [0.5, 0.6) is 0 Å². The Morgan fingerprint density at radius 1 is 1.02 bits per heavy atom. The molecule has 2 fully saturated rings. The highest BCUT2D eigenvalue weighted by molar-refractivity contribution is 7.60. The lowest BCUT2D eigenvalue weighted by molar-refractivity contribution is -0.405. The number of nitrogens with two attached hydrogens (primary N) is 2. The molecule has 3 aromatic heterocycles. The number of aliphatic hydroxyl groups is 4. The molecule has 23 heteroatoms. The molecule has 1 amide bonds. The quantitative estimate of drug-likeness (QED) is 0.0975. The van der Waals surface area contributed by atoms with Crippen LogP contribution in [0.25, 0.3) is 11.2 Å². The van der Waals surface area contributed by atoms with E-state index in [0.29, 0.717) is 0 Å². The Morgan fingerprint density at radius 3 is 2.43 bits per heavy atom. The van der Waals surface area contributed by atoms with Crippen molar-refractivity contribution in [2.24, 2.45) is 5.73 Å². The number of carbonyl (C=O) groups excluding carboxylic acids is 1. The van der Waals surface area contributed by atoms with Gasteiger partial charge in [0.15, 0.2) is 23.8 Å². The maximum atomic E-state index is 12.4. The van der Waals surface area contributed by atoms with Gasteiger partial charge >= 0.3 is 13.7 Å². The van der Waals surface area contributed by atoms with E-state index < -0.39 is 83.7 Å². The summed E-state index contributed by atoms with van der Waals surface area (Å²) in [5.74, 6) is -0.764. The average Bonchev–Trinajstić information content (AvgIpc) is 3.61. The molecular formula is C21H27N7O14P2. The van der Waals surface area contributed by atoms with Crippen LogP contribution in [0.4, 0.5) is 5.82 Å². The second kappa shape index (κ2) is 12.4. The Kier molecular flexibility index (Phi) is 9.13. The number of pyridine rings is 1. The van der Waals surface area contributed by atoms with Gasteiger partial charge in [0.2, 0.25) is 5.69 Å². The third-order valence-electron chi connectivity index (χ3n) is 6.75. The van der Waals surface area contributed by atoms with Crippen LogP contribution in [0.3, 0.4) is 0 Å². The second-order valence-electron chi connectivity index (χ2n) is 9.68. The number of hydrogen-bond acceptors (Lipinski definition) is 17.